The van der Waals surface area contributed by atoms with Crippen LogP contribution in [0.4, 0.5) is 4.39 Å². The van der Waals surface area contributed by atoms with Crippen LogP contribution < -0.4 is 4.74 Å². The van der Waals surface area contributed by atoms with Gasteiger partial charge in [0.15, 0.2) is 17.3 Å². The molecule has 0 aliphatic heterocycles. The molecule has 0 aliphatic carbocycles. The fraction of sp³-hybridized carbons (Fsp3) is 0.571. The van der Waals surface area contributed by atoms with Gasteiger partial charge in [-0.15, -0.1) is 0 Å². The number of benzene rings is 1. The van der Waals surface area contributed by atoms with Gasteiger partial charge >= 0.3 is 0 Å². The molecule has 0 bridgehead atoms. The van der Waals surface area contributed by atoms with Crippen LogP contribution >= 0.6 is 0 Å². The Morgan fingerprint density at radius 1 is 1.24 bits per heavy atom. The number of hydrogen-bond donors (Lipinski definition) is 1. The lowest BCUT2D eigenvalue weighted by molar-refractivity contribution is 0.274. The average Bonchev–Trinajstić information content (AvgIpc) is 2.31. The summed E-state index contributed by atoms with van der Waals surface area (Å²) in [5, 5.41) is 9.38. The number of ether oxygens (including phenoxy) is 1. The highest BCUT2D eigenvalue weighted by Crippen LogP contribution is 2.28. The third kappa shape index (κ3) is 5.07. The summed E-state index contributed by atoms with van der Waals surface area (Å²) in [6, 6.07) is 5.07. The quantitative estimate of drug-likeness (QED) is 0.693. The van der Waals surface area contributed by atoms with Crippen molar-refractivity contribution in [1.82, 2.24) is 0 Å². The minimum atomic E-state index is -0.629. The molecule has 0 amide bonds. The minimum absolute atomic E-state index is 0.0824. The molecule has 1 radical (unpaired) electrons. The fourth-order valence-corrected chi connectivity index (χ4v) is 1.64. The zero-order chi connectivity index (χ0) is 12.5. The first-order chi connectivity index (χ1) is 8.25. The van der Waals surface area contributed by atoms with Crippen molar-refractivity contribution in [3.05, 3.63) is 24.0 Å². The van der Waals surface area contributed by atoms with Gasteiger partial charge in [-0.25, -0.2) is 4.39 Å². The molecule has 95 valence electrons. The van der Waals surface area contributed by atoms with Crippen molar-refractivity contribution >= 4 is 0 Å². The molecule has 17 heavy (non-hydrogen) atoms. The van der Waals surface area contributed by atoms with Crippen molar-refractivity contribution in [2.45, 2.75) is 45.4 Å². The number of phenolic OH excluding ortho intramolecular Hbond substituents is 1. The summed E-state index contributed by atoms with van der Waals surface area (Å²) in [6.07, 6.45) is 6.90. The number of phenols is 1. The molecule has 0 fully saturated rings. The molecule has 0 saturated carbocycles. The van der Waals surface area contributed by atoms with Crippen LogP contribution in [0.25, 0.3) is 0 Å². The average molecular weight is 239 g/mol. The van der Waals surface area contributed by atoms with E-state index in [9.17, 15) is 9.50 Å². The van der Waals surface area contributed by atoms with E-state index < -0.39 is 5.82 Å². The zero-order valence-electron chi connectivity index (χ0n) is 10.3. The Hall–Kier alpha value is -1.25. The molecule has 1 rings (SSSR count). The van der Waals surface area contributed by atoms with E-state index >= 15 is 0 Å². The highest BCUT2D eigenvalue weighted by molar-refractivity contribution is 5.38. The number of aromatic hydroxyl groups is 1. The molecule has 3 heteroatoms. The summed E-state index contributed by atoms with van der Waals surface area (Å²) < 4.78 is 18.4. The van der Waals surface area contributed by atoms with E-state index in [2.05, 4.69) is 13.0 Å². The SMILES string of the molecule is CCCCCCCCOc1c(F)[c]ccc1O. The van der Waals surface area contributed by atoms with Gasteiger partial charge in [0.2, 0.25) is 0 Å². The Bertz CT molecular complexity index is 306. The van der Waals surface area contributed by atoms with Crippen LogP contribution in [0.15, 0.2) is 12.1 Å². The van der Waals surface area contributed by atoms with Crippen molar-refractivity contribution in [3.8, 4) is 11.5 Å². The second kappa shape index (κ2) is 7.93. The van der Waals surface area contributed by atoms with Crippen LogP contribution in [0, 0.1) is 11.9 Å². The lowest BCUT2D eigenvalue weighted by atomic mass is 10.1. The summed E-state index contributed by atoms with van der Waals surface area (Å²) in [6.45, 7) is 2.62. The van der Waals surface area contributed by atoms with E-state index in [1.165, 1.54) is 37.8 Å². The Balaban J connectivity index is 2.18. The monoisotopic (exact) mass is 239 g/mol. The Morgan fingerprint density at radius 2 is 1.94 bits per heavy atom. The Morgan fingerprint density at radius 3 is 2.65 bits per heavy atom. The maximum atomic E-state index is 13.2. The Kier molecular flexibility index (Phi) is 6.45. The second-order valence-electron chi connectivity index (χ2n) is 4.12. The highest BCUT2D eigenvalue weighted by Gasteiger charge is 2.08. The molecule has 0 saturated heterocycles. The maximum Gasteiger partial charge on any atom is 0.197 e. The molecule has 0 aliphatic rings. The lowest BCUT2D eigenvalue weighted by Crippen LogP contribution is -1.99. The molecule has 1 N–H and O–H groups in total. The molecule has 1 aromatic carbocycles. The van der Waals surface area contributed by atoms with Crippen molar-refractivity contribution in [3.63, 3.8) is 0 Å². The lowest BCUT2D eigenvalue weighted by Gasteiger charge is -2.08. The summed E-state index contributed by atoms with van der Waals surface area (Å²) in [5.41, 5.74) is 0. The second-order valence-corrected chi connectivity index (χ2v) is 4.12. The van der Waals surface area contributed by atoms with E-state index in [0.29, 0.717) is 6.61 Å². The molecule has 0 atom stereocenters. The van der Waals surface area contributed by atoms with Gasteiger partial charge in [0.25, 0.3) is 0 Å². The summed E-state index contributed by atoms with van der Waals surface area (Å²) in [7, 11) is 0. The van der Waals surface area contributed by atoms with Crippen molar-refractivity contribution in [2.24, 2.45) is 0 Å². The standard InChI is InChI=1S/C14H20FO2/c1-2-3-4-5-6-7-11-17-14-12(15)9-8-10-13(14)16/h8,10,16H,2-7,11H2,1H3. The molecule has 0 aromatic heterocycles. The highest BCUT2D eigenvalue weighted by atomic mass is 19.1. The van der Waals surface area contributed by atoms with Crippen LogP contribution in [0.2, 0.25) is 0 Å². The van der Waals surface area contributed by atoms with Gasteiger partial charge < -0.3 is 9.84 Å². The Labute approximate surface area is 102 Å². The van der Waals surface area contributed by atoms with Crippen LogP contribution in [-0.4, -0.2) is 11.7 Å². The summed E-state index contributed by atoms with van der Waals surface area (Å²) in [5.74, 6) is -0.871. The largest absolute Gasteiger partial charge is 0.504 e. The van der Waals surface area contributed by atoms with Gasteiger partial charge in [0, 0.05) is 6.07 Å². The predicted molar refractivity (Wildman–Crippen MR) is 65.8 cm³/mol. The first-order valence-corrected chi connectivity index (χ1v) is 6.27. The van der Waals surface area contributed by atoms with E-state index in [1.807, 2.05) is 0 Å². The molecule has 0 heterocycles. The van der Waals surface area contributed by atoms with Crippen molar-refractivity contribution in [1.29, 1.82) is 0 Å². The third-order valence-corrected chi connectivity index (χ3v) is 2.63. The van der Waals surface area contributed by atoms with Gasteiger partial charge in [0.1, 0.15) is 0 Å². The molecule has 1 aromatic rings. The molecule has 0 unspecified atom stereocenters. The van der Waals surface area contributed by atoms with Crippen LogP contribution in [0.1, 0.15) is 45.4 Å². The normalized spacial score (nSPS) is 10.5. The van der Waals surface area contributed by atoms with Gasteiger partial charge in [0.05, 0.1) is 6.61 Å². The summed E-state index contributed by atoms with van der Waals surface area (Å²) >= 11 is 0. The number of rotatable bonds is 8. The molecular formula is C14H20FO2. The van der Waals surface area contributed by atoms with Gasteiger partial charge in [-0.2, -0.15) is 0 Å². The van der Waals surface area contributed by atoms with Crippen LogP contribution in [0.5, 0.6) is 11.5 Å². The first kappa shape index (κ1) is 13.8. The summed E-state index contributed by atoms with van der Waals surface area (Å²) in [4.78, 5) is 0. The molecule has 2 nitrogen and oxygen atoms in total. The van der Waals surface area contributed by atoms with Crippen molar-refractivity contribution in [2.75, 3.05) is 6.61 Å². The van der Waals surface area contributed by atoms with E-state index in [0.717, 1.165) is 12.8 Å². The zero-order valence-corrected chi connectivity index (χ0v) is 10.3. The van der Waals surface area contributed by atoms with Crippen LogP contribution in [0.3, 0.4) is 0 Å². The van der Waals surface area contributed by atoms with E-state index in [4.69, 9.17) is 4.74 Å². The topological polar surface area (TPSA) is 29.5 Å². The van der Waals surface area contributed by atoms with Gasteiger partial charge in [-0.05, 0) is 18.6 Å². The number of halogens is 1. The first-order valence-electron chi connectivity index (χ1n) is 6.27. The van der Waals surface area contributed by atoms with Gasteiger partial charge in [-0.1, -0.05) is 39.0 Å². The number of unbranched alkanes of at least 4 members (excludes halogenated alkanes) is 5. The molecular weight excluding hydrogens is 219 g/mol. The molecule has 0 spiro atoms. The van der Waals surface area contributed by atoms with E-state index in [1.54, 1.807) is 0 Å². The number of hydrogen-bond acceptors (Lipinski definition) is 2. The van der Waals surface area contributed by atoms with Crippen LogP contribution in [-0.2, 0) is 0 Å². The van der Waals surface area contributed by atoms with E-state index in [-0.39, 0.29) is 11.5 Å². The minimum Gasteiger partial charge on any atom is -0.504 e. The predicted octanol–water partition coefficient (Wildman–Crippen LogP) is 4.07. The smallest absolute Gasteiger partial charge is 0.197 e. The van der Waals surface area contributed by atoms with Crippen molar-refractivity contribution < 1.29 is 14.2 Å². The fourth-order valence-electron chi connectivity index (χ4n) is 1.64. The van der Waals surface area contributed by atoms with Gasteiger partial charge in [-0.3, -0.25) is 0 Å². The maximum absolute atomic E-state index is 13.2. The third-order valence-electron chi connectivity index (χ3n) is 2.63.